The van der Waals surface area contributed by atoms with E-state index in [0.29, 0.717) is 13.0 Å². The Balaban J connectivity index is -0.000000790. The second-order valence-electron chi connectivity index (χ2n) is 8.66. The van der Waals surface area contributed by atoms with Crippen LogP contribution in [0.2, 0.25) is 6.82 Å². The highest BCUT2D eigenvalue weighted by Gasteiger charge is 2.30. The van der Waals surface area contributed by atoms with E-state index >= 15 is 0 Å². The van der Waals surface area contributed by atoms with Crippen molar-refractivity contribution in [2.24, 2.45) is 0 Å². The monoisotopic (exact) mass is 731 g/mol. The van der Waals surface area contributed by atoms with Crippen molar-refractivity contribution in [2.75, 3.05) is 24.7 Å². The van der Waals surface area contributed by atoms with Crippen molar-refractivity contribution < 1.29 is 42.2 Å². The van der Waals surface area contributed by atoms with Crippen LogP contribution in [0, 0.1) is 37.3 Å². The number of aryl methyl sites for hydroxylation is 1. The molecule has 2 aromatic heterocycles. The Labute approximate surface area is 289 Å². The molecule has 1 aromatic carbocycles. The van der Waals surface area contributed by atoms with Gasteiger partial charge in [0.2, 0.25) is 11.6 Å². The normalized spacial score (nSPS) is 9.60. The number of nitrogens with zero attached hydrogens (tertiary/aromatic N) is 6. The van der Waals surface area contributed by atoms with Gasteiger partial charge in [0.15, 0.2) is 0 Å². The highest BCUT2D eigenvalue weighted by molar-refractivity contribution is 7.87. The van der Waals surface area contributed by atoms with E-state index in [1.165, 1.54) is 19.0 Å². The fourth-order valence-electron chi connectivity index (χ4n) is 2.91. The lowest BCUT2D eigenvalue weighted by molar-refractivity contribution is -0.742. The zero-order chi connectivity index (χ0) is 37.0. The van der Waals surface area contributed by atoms with Crippen LogP contribution in [-0.4, -0.2) is 69.6 Å². The number of nitrogens with one attached hydrogen (secondary N) is 1. The number of H-pyrrole nitrogens is 1. The standard InChI is InChI=1S/C15H18N4O6S.C8H12N4O4.CH3B.2CH4.HNO3/c1-3-4-9-24-15-17-13(16)12(19(20)21)14(18-15)25-26(22,23)11-7-5-10(2)6-8-11;1-2-3-4-16-8-10-6(9)5(12(14)15)7(13)11-8;1-2;;;2-1(3)4/h5-8H,3-4,9H2,1-2H3,(H2,16,17,18);2-4H2,1H3,(H3,9,10,11,13);1H3;2*1H4;(H,2,3,4). The van der Waals surface area contributed by atoms with Gasteiger partial charge in [-0.25, -0.2) is 0 Å². The third-order valence-corrected chi connectivity index (χ3v) is 6.31. The largest absolute Gasteiger partial charge is 0.465 e. The van der Waals surface area contributed by atoms with E-state index in [-0.39, 0.29) is 38.4 Å². The average molecular weight is 732 g/mol. The van der Waals surface area contributed by atoms with Crippen LogP contribution in [-0.2, 0) is 10.1 Å². The molecule has 0 unspecified atom stereocenters. The summed E-state index contributed by atoms with van der Waals surface area (Å²) in [6, 6.07) is 5.38. The minimum absolute atomic E-state index is 0. The van der Waals surface area contributed by atoms with Gasteiger partial charge in [-0.05, 0) is 31.9 Å². The van der Waals surface area contributed by atoms with E-state index in [1.807, 2.05) is 13.8 Å². The summed E-state index contributed by atoms with van der Waals surface area (Å²) in [6.45, 7) is 7.82. The van der Waals surface area contributed by atoms with Gasteiger partial charge in [0.25, 0.3) is 11.1 Å². The lowest BCUT2D eigenvalue weighted by Gasteiger charge is -2.09. The molecule has 0 aliphatic heterocycles. The van der Waals surface area contributed by atoms with E-state index in [1.54, 1.807) is 19.1 Å². The average Bonchev–Trinajstić information content (AvgIpc) is 2.98. The summed E-state index contributed by atoms with van der Waals surface area (Å²) in [5.74, 6) is -1.79. The van der Waals surface area contributed by atoms with Crippen LogP contribution < -0.4 is 30.7 Å². The van der Waals surface area contributed by atoms with Gasteiger partial charge in [-0.2, -0.15) is 23.4 Å². The lowest BCUT2D eigenvalue weighted by atomic mass is 10.2. The van der Waals surface area contributed by atoms with Crippen LogP contribution in [0.4, 0.5) is 23.0 Å². The lowest BCUT2D eigenvalue weighted by Crippen LogP contribution is -2.17. The van der Waals surface area contributed by atoms with Gasteiger partial charge in [-0.3, -0.25) is 30.0 Å². The van der Waals surface area contributed by atoms with Gasteiger partial charge in [0, 0.05) is 0 Å². The van der Waals surface area contributed by atoms with Crippen LogP contribution in [0.25, 0.3) is 0 Å². The Morgan fingerprint density at radius 2 is 1.32 bits per heavy atom. The molecule has 0 bridgehead atoms. The smallest absolute Gasteiger partial charge is 0.375 e. The van der Waals surface area contributed by atoms with E-state index in [0.717, 1.165) is 24.8 Å². The minimum atomic E-state index is -4.35. The second kappa shape index (κ2) is 24.4. The molecule has 6 N–H and O–H groups in total. The van der Waals surface area contributed by atoms with Crippen LogP contribution in [0.15, 0.2) is 34.0 Å². The Bertz CT molecular complexity index is 1670. The molecule has 0 amide bonds. The molecule has 50 heavy (non-hydrogen) atoms. The molecule has 278 valence electrons. The van der Waals surface area contributed by atoms with Crippen molar-refractivity contribution in [3.05, 3.63) is 70.5 Å². The zero-order valence-corrected chi connectivity index (χ0v) is 27.0. The second-order valence-corrected chi connectivity index (χ2v) is 10.2. The Morgan fingerprint density at radius 1 is 0.860 bits per heavy atom. The van der Waals surface area contributed by atoms with E-state index in [2.05, 4.69) is 27.8 Å². The van der Waals surface area contributed by atoms with E-state index in [9.17, 15) is 33.4 Å². The summed E-state index contributed by atoms with van der Waals surface area (Å²) in [7, 11) is 0.149. The van der Waals surface area contributed by atoms with Crippen molar-refractivity contribution in [3.63, 3.8) is 0 Å². The molecule has 3 rings (SSSR count). The Hall–Kier alpha value is -5.81. The number of anilines is 2. The topological polar surface area (TPSA) is 335 Å². The number of unbranched alkanes of at least 4 members (excludes halogenated alkanes) is 2. The zero-order valence-electron chi connectivity index (χ0n) is 26.2. The van der Waals surface area contributed by atoms with Gasteiger partial charge in [0.05, 0.1) is 30.9 Å². The van der Waals surface area contributed by atoms with Crippen molar-refractivity contribution in [2.45, 2.75) is 73.0 Å². The summed E-state index contributed by atoms with van der Waals surface area (Å²) in [5.41, 5.74) is 9.15. The van der Waals surface area contributed by atoms with Crippen LogP contribution in [0.5, 0.6) is 17.9 Å². The first kappa shape index (κ1) is 48.6. The number of aromatic nitrogens is 4. The fourth-order valence-corrected chi connectivity index (χ4v) is 3.80. The number of nitro groups is 2. The minimum Gasteiger partial charge on any atom is -0.465 e. The van der Waals surface area contributed by atoms with Crippen LogP contribution in [0.3, 0.4) is 0 Å². The van der Waals surface area contributed by atoms with Crippen molar-refractivity contribution in [1.29, 1.82) is 0 Å². The van der Waals surface area contributed by atoms with Crippen molar-refractivity contribution >= 4 is 41.0 Å². The summed E-state index contributed by atoms with van der Waals surface area (Å²) >= 11 is 0. The van der Waals surface area contributed by atoms with Crippen LogP contribution >= 0.6 is 0 Å². The maximum absolute atomic E-state index is 12.4. The number of ether oxygens (including phenoxy) is 2. The number of rotatable bonds is 13. The molecule has 0 saturated heterocycles. The predicted octanol–water partition coefficient (Wildman–Crippen LogP) is 3.79. The molecule has 0 fully saturated rings. The first-order valence-electron chi connectivity index (χ1n) is 13.6. The number of hydrogen-bond donors (Lipinski definition) is 4. The number of nitrogen functional groups attached to an aromatic ring is 2. The highest BCUT2D eigenvalue weighted by Crippen LogP contribution is 2.33. The quantitative estimate of drug-likeness (QED) is 0.0638. The summed E-state index contributed by atoms with van der Waals surface area (Å²) in [6.07, 6.45) is 3.25. The Morgan fingerprint density at radius 3 is 1.76 bits per heavy atom. The van der Waals surface area contributed by atoms with Gasteiger partial charge in [0.1, 0.15) is 4.90 Å². The first-order chi connectivity index (χ1) is 22.5. The number of nitrogens with two attached hydrogens (primary N) is 2. The molecule has 22 nitrogen and oxygen atoms in total. The summed E-state index contributed by atoms with van der Waals surface area (Å²) < 4.78 is 39.9. The number of hydrogen-bond acceptors (Lipinski definition) is 17. The van der Waals surface area contributed by atoms with Gasteiger partial charge < -0.3 is 30.3 Å². The molecule has 0 aliphatic carbocycles. The molecule has 2 radical (unpaired) electrons. The highest BCUT2D eigenvalue weighted by atomic mass is 32.2. The number of aromatic amines is 1. The molecule has 24 heteroatoms. The molecule has 0 aliphatic rings. The SMILES string of the molecule is C.C.CCCCOc1nc(N)c([N+](=O)[O-])c(=O)[nH]1.CCCCOc1nc(N)c([N+](=O)[O-])c(OS(=O)(=O)c2ccc(C)cc2)n1.O=[N+]([O-])O.[B]C. The first-order valence-corrected chi connectivity index (χ1v) is 15.0. The van der Waals surface area contributed by atoms with Crippen molar-refractivity contribution in [1.82, 2.24) is 19.9 Å². The fraction of sp³-hybridized carbons (Fsp3) is 0.462. The molecular formula is C26H42BN9O13S. The predicted molar refractivity (Wildman–Crippen MR) is 183 cm³/mol. The third-order valence-electron chi connectivity index (χ3n) is 5.09. The third kappa shape index (κ3) is 16.8. The molecular weight excluding hydrogens is 689 g/mol. The van der Waals surface area contributed by atoms with E-state index < -0.39 is 59.5 Å². The molecule has 0 spiro atoms. The number of benzene rings is 1. The maximum Gasteiger partial charge on any atom is 0.375 e. The van der Waals surface area contributed by atoms with E-state index in [4.69, 9.17) is 40.4 Å². The van der Waals surface area contributed by atoms with Gasteiger partial charge in [-0.1, -0.05) is 66.1 Å². The Kier molecular flexibility index (Phi) is 23.7. The van der Waals surface area contributed by atoms with Crippen molar-refractivity contribution in [3.8, 4) is 17.9 Å². The molecule has 3 aromatic rings. The van der Waals surface area contributed by atoms with Crippen LogP contribution in [0.1, 0.15) is 59.9 Å². The van der Waals surface area contributed by atoms with Gasteiger partial charge >= 0.3 is 38.9 Å². The molecule has 0 saturated carbocycles. The molecule has 2 heterocycles. The van der Waals surface area contributed by atoms with Gasteiger partial charge in [-0.15, -0.1) is 10.1 Å². The molecule has 0 atom stereocenters. The summed E-state index contributed by atoms with van der Waals surface area (Å²) in [5, 5.41) is 35.3. The summed E-state index contributed by atoms with van der Waals surface area (Å²) in [4.78, 5) is 52.4. The maximum atomic E-state index is 12.4.